The Morgan fingerprint density at radius 1 is 1.20 bits per heavy atom. The molecule has 0 atom stereocenters. The normalized spacial score (nSPS) is 20.6. The molecule has 2 amide bonds. The highest BCUT2D eigenvalue weighted by Crippen LogP contribution is 2.43. The van der Waals surface area contributed by atoms with Gasteiger partial charge in [-0.25, -0.2) is 0 Å². The number of aryl methyl sites for hydroxylation is 1. The minimum Gasteiger partial charge on any atom is -0.358 e. The van der Waals surface area contributed by atoms with E-state index in [1.807, 2.05) is 15.8 Å². The van der Waals surface area contributed by atoms with Crippen molar-refractivity contribution in [1.82, 2.24) is 24.9 Å². The van der Waals surface area contributed by atoms with Crippen molar-refractivity contribution < 1.29 is 9.59 Å². The summed E-state index contributed by atoms with van der Waals surface area (Å²) in [7, 11) is 1.62. The fourth-order valence-corrected chi connectivity index (χ4v) is 3.86. The van der Waals surface area contributed by atoms with Crippen LogP contribution in [0.15, 0.2) is 12.4 Å². The molecule has 1 aliphatic heterocycles. The van der Waals surface area contributed by atoms with E-state index in [-0.39, 0.29) is 11.8 Å². The van der Waals surface area contributed by atoms with Crippen LogP contribution in [0, 0.1) is 5.41 Å². The number of hydrogen-bond donors (Lipinski definition) is 1. The van der Waals surface area contributed by atoms with Gasteiger partial charge in [0, 0.05) is 58.1 Å². The molecule has 0 aromatic carbocycles. The fraction of sp³-hybridized carbons (Fsp3) is 0.722. The van der Waals surface area contributed by atoms with Crippen LogP contribution in [-0.4, -0.2) is 64.6 Å². The highest BCUT2D eigenvalue weighted by molar-refractivity contribution is 6.05. The summed E-state index contributed by atoms with van der Waals surface area (Å²) < 4.78 is 1.94. The summed E-state index contributed by atoms with van der Waals surface area (Å²) in [6.45, 7) is 7.06. The van der Waals surface area contributed by atoms with E-state index in [0.29, 0.717) is 19.4 Å². The summed E-state index contributed by atoms with van der Waals surface area (Å²) in [6.07, 6.45) is 7.27. The van der Waals surface area contributed by atoms with Gasteiger partial charge >= 0.3 is 0 Å². The Morgan fingerprint density at radius 3 is 2.60 bits per heavy atom. The lowest BCUT2D eigenvalue weighted by Gasteiger charge is -2.41. The molecule has 2 fully saturated rings. The van der Waals surface area contributed by atoms with Crippen molar-refractivity contribution in [3.05, 3.63) is 18.0 Å². The number of aromatic nitrogens is 2. The van der Waals surface area contributed by atoms with Crippen LogP contribution >= 0.6 is 0 Å². The van der Waals surface area contributed by atoms with Crippen molar-refractivity contribution in [1.29, 1.82) is 0 Å². The van der Waals surface area contributed by atoms with Gasteiger partial charge in [0.25, 0.3) is 0 Å². The molecule has 2 aliphatic rings. The first kappa shape index (κ1) is 17.9. The minimum atomic E-state index is -0.799. The van der Waals surface area contributed by atoms with E-state index < -0.39 is 5.41 Å². The highest BCUT2D eigenvalue weighted by atomic mass is 16.2. The lowest BCUT2D eigenvalue weighted by molar-refractivity contribution is -0.156. The summed E-state index contributed by atoms with van der Waals surface area (Å²) >= 11 is 0. The van der Waals surface area contributed by atoms with Crippen LogP contribution in [0.5, 0.6) is 0 Å². The fourth-order valence-electron chi connectivity index (χ4n) is 3.86. The molecule has 0 radical (unpaired) electrons. The topological polar surface area (TPSA) is 70.5 Å². The lowest BCUT2D eigenvalue weighted by atomic mass is 9.67. The molecule has 3 rings (SSSR count). The predicted molar refractivity (Wildman–Crippen MR) is 94.7 cm³/mol. The van der Waals surface area contributed by atoms with Crippen molar-refractivity contribution in [2.75, 3.05) is 33.2 Å². The van der Waals surface area contributed by atoms with Crippen LogP contribution < -0.4 is 5.32 Å². The standard InChI is InChI=1S/C18H29N5O2/c1-3-23-14-15(12-20-23)13-21-8-5-9-22(11-10-21)17(25)18(6-4-7-18)16(24)19-2/h12,14H,3-11,13H2,1-2H3,(H,19,24). The van der Waals surface area contributed by atoms with Crippen LogP contribution in [0.4, 0.5) is 0 Å². The van der Waals surface area contributed by atoms with Gasteiger partial charge in [0.05, 0.1) is 6.20 Å². The molecule has 0 spiro atoms. The van der Waals surface area contributed by atoms with Crippen LogP contribution in [-0.2, 0) is 22.7 Å². The van der Waals surface area contributed by atoms with E-state index in [1.54, 1.807) is 7.05 Å². The average molecular weight is 347 g/mol. The Balaban J connectivity index is 1.59. The number of nitrogens with one attached hydrogen (secondary N) is 1. The molecule has 1 saturated heterocycles. The van der Waals surface area contributed by atoms with Gasteiger partial charge in [-0.05, 0) is 26.2 Å². The van der Waals surface area contributed by atoms with Gasteiger partial charge in [-0.3, -0.25) is 19.2 Å². The molecule has 2 heterocycles. The Bertz CT molecular complexity index is 623. The van der Waals surface area contributed by atoms with Gasteiger partial charge < -0.3 is 10.2 Å². The zero-order valence-corrected chi connectivity index (χ0v) is 15.3. The summed E-state index contributed by atoms with van der Waals surface area (Å²) in [5.41, 5.74) is 0.411. The van der Waals surface area contributed by atoms with Crippen LogP contribution in [0.1, 0.15) is 38.2 Å². The van der Waals surface area contributed by atoms with E-state index in [9.17, 15) is 9.59 Å². The smallest absolute Gasteiger partial charge is 0.238 e. The number of carbonyl (C=O) groups is 2. The summed E-state index contributed by atoms with van der Waals surface area (Å²) in [4.78, 5) is 29.5. The zero-order valence-electron chi connectivity index (χ0n) is 15.3. The van der Waals surface area contributed by atoms with Gasteiger partial charge in [-0.15, -0.1) is 0 Å². The summed E-state index contributed by atoms with van der Waals surface area (Å²) in [5, 5.41) is 7.01. The van der Waals surface area contributed by atoms with Crippen molar-refractivity contribution >= 4 is 11.8 Å². The molecule has 1 aliphatic carbocycles. The average Bonchev–Trinajstić information content (AvgIpc) is 2.90. The second-order valence-electron chi connectivity index (χ2n) is 7.14. The summed E-state index contributed by atoms with van der Waals surface area (Å²) in [6, 6.07) is 0. The molecule has 0 unspecified atom stereocenters. The molecular formula is C18H29N5O2. The number of rotatable bonds is 5. The molecule has 1 saturated carbocycles. The van der Waals surface area contributed by atoms with E-state index in [0.717, 1.165) is 45.6 Å². The Kier molecular flexibility index (Phi) is 5.42. The Hall–Kier alpha value is -1.89. The van der Waals surface area contributed by atoms with Crippen LogP contribution in [0.2, 0.25) is 0 Å². The number of carbonyl (C=O) groups excluding carboxylic acids is 2. The van der Waals surface area contributed by atoms with Gasteiger partial charge in [-0.1, -0.05) is 6.42 Å². The van der Waals surface area contributed by atoms with Gasteiger partial charge in [0.1, 0.15) is 5.41 Å². The molecule has 25 heavy (non-hydrogen) atoms. The molecule has 7 heteroatoms. The van der Waals surface area contributed by atoms with Gasteiger partial charge in [0.15, 0.2) is 0 Å². The second kappa shape index (κ2) is 7.56. The quantitative estimate of drug-likeness (QED) is 0.802. The molecule has 138 valence electrons. The number of amides is 2. The number of nitrogens with zero attached hydrogens (tertiary/aromatic N) is 4. The van der Waals surface area contributed by atoms with Crippen LogP contribution in [0.3, 0.4) is 0 Å². The maximum absolute atomic E-state index is 13.0. The van der Waals surface area contributed by atoms with Crippen LogP contribution in [0.25, 0.3) is 0 Å². The first-order valence-corrected chi connectivity index (χ1v) is 9.34. The monoisotopic (exact) mass is 347 g/mol. The van der Waals surface area contributed by atoms with Crippen molar-refractivity contribution in [3.63, 3.8) is 0 Å². The summed E-state index contributed by atoms with van der Waals surface area (Å²) in [5.74, 6) is -0.0874. The van der Waals surface area contributed by atoms with Gasteiger partial charge in [0.2, 0.25) is 11.8 Å². The van der Waals surface area contributed by atoms with Crippen molar-refractivity contribution in [2.24, 2.45) is 5.41 Å². The van der Waals surface area contributed by atoms with Crippen molar-refractivity contribution in [2.45, 2.75) is 45.7 Å². The third-order valence-electron chi connectivity index (χ3n) is 5.57. The van der Waals surface area contributed by atoms with Gasteiger partial charge in [-0.2, -0.15) is 5.10 Å². The Morgan fingerprint density at radius 2 is 2.00 bits per heavy atom. The third-order valence-corrected chi connectivity index (χ3v) is 5.57. The highest BCUT2D eigenvalue weighted by Gasteiger charge is 2.52. The molecular weight excluding hydrogens is 318 g/mol. The minimum absolute atomic E-state index is 0.0266. The molecule has 0 bridgehead atoms. The van der Waals surface area contributed by atoms with E-state index in [4.69, 9.17) is 0 Å². The third kappa shape index (κ3) is 3.56. The Labute approximate surface area is 149 Å². The van der Waals surface area contributed by atoms with Crippen molar-refractivity contribution in [3.8, 4) is 0 Å². The van der Waals surface area contributed by atoms with E-state index in [2.05, 4.69) is 28.4 Å². The second-order valence-corrected chi connectivity index (χ2v) is 7.14. The SMILES string of the molecule is CCn1cc(CN2CCCN(C(=O)C3(C(=O)NC)CCC3)CC2)cn1. The molecule has 1 aromatic rings. The maximum Gasteiger partial charge on any atom is 0.238 e. The first-order valence-electron chi connectivity index (χ1n) is 9.34. The predicted octanol–water partition coefficient (Wildman–Crippen LogP) is 0.854. The first-order chi connectivity index (χ1) is 12.1. The number of hydrogen-bond acceptors (Lipinski definition) is 4. The molecule has 1 aromatic heterocycles. The molecule has 7 nitrogen and oxygen atoms in total. The maximum atomic E-state index is 13.0. The lowest BCUT2D eigenvalue weighted by Crippen LogP contribution is -2.56. The molecule has 1 N–H and O–H groups in total. The van der Waals surface area contributed by atoms with E-state index in [1.165, 1.54) is 5.56 Å². The largest absolute Gasteiger partial charge is 0.358 e. The zero-order chi connectivity index (χ0) is 17.9. The van der Waals surface area contributed by atoms with E-state index >= 15 is 0 Å².